The van der Waals surface area contributed by atoms with Crippen molar-refractivity contribution in [3.05, 3.63) is 11.4 Å². The van der Waals surface area contributed by atoms with Crippen molar-refractivity contribution in [3.63, 3.8) is 0 Å². The van der Waals surface area contributed by atoms with Crippen molar-refractivity contribution < 1.29 is 0 Å². The van der Waals surface area contributed by atoms with Gasteiger partial charge in [0.25, 0.3) is 0 Å². The predicted octanol–water partition coefficient (Wildman–Crippen LogP) is 1.20. The first-order valence-corrected chi connectivity index (χ1v) is 5.38. The molecule has 4 nitrogen and oxygen atoms in total. The predicted molar refractivity (Wildman–Crippen MR) is 58.2 cm³/mol. The van der Waals surface area contributed by atoms with Crippen LogP contribution in [0.4, 0.5) is 0 Å². The molecule has 1 heterocycles. The average Bonchev–Trinajstić information content (AvgIpc) is 2.88. The molecular weight excluding hydrogens is 196 g/mol. The van der Waals surface area contributed by atoms with Crippen LogP contribution < -0.4 is 5.73 Å². The van der Waals surface area contributed by atoms with Gasteiger partial charge in [0.05, 0.1) is 5.69 Å². The fourth-order valence-electron chi connectivity index (χ4n) is 1.63. The standard InChI is InChI=1S/C9H14N4S/c1-2-5-13-8(6-3-4-6)7(9(10)14)11-12-13/h6H,2-5H2,1H3,(H2,10,14). The third kappa shape index (κ3) is 1.64. The smallest absolute Gasteiger partial charge is 0.143 e. The molecule has 1 aromatic heterocycles. The van der Waals surface area contributed by atoms with E-state index in [9.17, 15) is 0 Å². The SMILES string of the molecule is CCCn1nnc(C(N)=S)c1C1CC1. The average molecular weight is 210 g/mol. The van der Waals surface area contributed by atoms with Gasteiger partial charge in [0.15, 0.2) is 0 Å². The van der Waals surface area contributed by atoms with Gasteiger partial charge in [-0.3, -0.25) is 0 Å². The molecule has 0 radical (unpaired) electrons. The second-order valence-corrected chi connectivity index (χ2v) is 4.12. The van der Waals surface area contributed by atoms with Crippen molar-refractivity contribution in [2.24, 2.45) is 5.73 Å². The lowest BCUT2D eigenvalue weighted by Crippen LogP contribution is -2.13. The van der Waals surface area contributed by atoms with E-state index in [1.54, 1.807) is 0 Å². The zero-order chi connectivity index (χ0) is 10.1. The molecule has 0 spiro atoms. The van der Waals surface area contributed by atoms with E-state index in [2.05, 4.69) is 17.2 Å². The molecule has 5 heteroatoms. The summed E-state index contributed by atoms with van der Waals surface area (Å²) in [6, 6.07) is 0. The van der Waals surface area contributed by atoms with Crippen LogP contribution in [0.1, 0.15) is 43.5 Å². The van der Waals surface area contributed by atoms with Crippen LogP contribution in [0.2, 0.25) is 0 Å². The Morgan fingerprint density at radius 2 is 2.36 bits per heavy atom. The van der Waals surface area contributed by atoms with E-state index in [0.29, 0.717) is 10.9 Å². The zero-order valence-electron chi connectivity index (χ0n) is 8.23. The number of nitrogens with zero attached hydrogens (tertiary/aromatic N) is 3. The van der Waals surface area contributed by atoms with E-state index in [-0.39, 0.29) is 0 Å². The molecular formula is C9H14N4S. The molecule has 1 fully saturated rings. The summed E-state index contributed by atoms with van der Waals surface area (Å²) in [5.74, 6) is 0.591. The summed E-state index contributed by atoms with van der Waals surface area (Å²) in [6.07, 6.45) is 3.49. The van der Waals surface area contributed by atoms with E-state index in [4.69, 9.17) is 18.0 Å². The molecule has 0 saturated heterocycles. The van der Waals surface area contributed by atoms with Crippen molar-refractivity contribution in [1.82, 2.24) is 15.0 Å². The van der Waals surface area contributed by atoms with Crippen LogP contribution in [0.15, 0.2) is 0 Å². The Morgan fingerprint density at radius 1 is 1.64 bits per heavy atom. The van der Waals surface area contributed by atoms with Gasteiger partial charge in [0.1, 0.15) is 10.7 Å². The van der Waals surface area contributed by atoms with E-state index in [0.717, 1.165) is 24.4 Å². The molecule has 0 amide bonds. The second kappa shape index (κ2) is 3.65. The van der Waals surface area contributed by atoms with Gasteiger partial charge in [-0.1, -0.05) is 24.4 Å². The monoisotopic (exact) mass is 210 g/mol. The summed E-state index contributed by atoms with van der Waals surface area (Å²) in [5.41, 5.74) is 7.49. The zero-order valence-corrected chi connectivity index (χ0v) is 9.05. The van der Waals surface area contributed by atoms with Gasteiger partial charge in [-0.15, -0.1) is 5.10 Å². The number of rotatable bonds is 4. The Balaban J connectivity index is 2.36. The summed E-state index contributed by atoms with van der Waals surface area (Å²) in [4.78, 5) is 0.370. The van der Waals surface area contributed by atoms with Gasteiger partial charge in [0.2, 0.25) is 0 Å². The quantitative estimate of drug-likeness (QED) is 0.759. The third-order valence-corrected chi connectivity index (χ3v) is 2.60. The molecule has 2 rings (SSSR count). The molecule has 0 aliphatic heterocycles. The summed E-state index contributed by atoms with van der Waals surface area (Å²) in [7, 11) is 0. The Bertz CT molecular complexity index is 354. The molecule has 1 aliphatic rings. The Labute approximate surface area is 88.5 Å². The molecule has 0 aromatic carbocycles. The molecule has 0 unspecified atom stereocenters. The second-order valence-electron chi connectivity index (χ2n) is 3.68. The molecule has 1 saturated carbocycles. The molecule has 76 valence electrons. The van der Waals surface area contributed by atoms with Crippen molar-refractivity contribution in [1.29, 1.82) is 0 Å². The summed E-state index contributed by atoms with van der Waals surface area (Å²) >= 11 is 4.96. The van der Waals surface area contributed by atoms with Gasteiger partial charge >= 0.3 is 0 Å². The van der Waals surface area contributed by atoms with Crippen molar-refractivity contribution in [2.45, 2.75) is 38.6 Å². The van der Waals surface area contributed by atoms with Gasteiger partial charge < -0.3 is 5.73 Å². The maximum absolute atomic E-state index is 5.61. The van der Waals surface area contributed by atoms with Crippen LogP contribution in [0.3, 0.4) is 0 Å². The maximum atomic E-state index is 5.61. The van der Waals surface area contributed by atoms with Crippen molar-refractivity contribution in [3.8, 4) is 0 Å². The fraction of sp³-hybridized carbons (Fsp3) is 0.667. The van der Waals surface area contributed by atoms with Crippen LogP contribution in [-0.4, -0.2) is 20.0 Å². The number of aryl methyl sites for hydroxylation is 1. The minimum Gasteiger partial charge on any atom is -0.388 e. The highest BCUT2D eigenvalue weighted by atomic mass is 32.1. The van der Waals surface area contributed by atoms with Crippen molar-refractivity contribution >= 4 is 17.2 Å². The highest BCUT2D eigenvalue weighted by Crippen LogP contribution is 2.41. The van der Waals surface area contributed by atoms with E-state index < -0.39 is 0 Å². The highest BCUT2D eigenvalue weighted by molar-refractivity contribution is 7.80. The van der Waals surface area contributed by atoms with Crippen LogP contribution in [0.5, 0.6) is 0 Å². The molecule has 1 aliphatic carbocycles. The highest BCUT2D eigenvalue weighted by Gasteiger charge is 2.31. The van der Waals surface area contributed by atoms with Crippen LogP contribution in [0.25, 0.3) is 0 Å². The van der Waals surface area contributed by atoms with Gasteiger partial charge in [-0.05, 0) is 19.3 Å². The van der Waals surface area contributed by atoms with Gasteiger partial charge in [0, 0.05) is 12.5 Å². The molecule has 14 heavy (non-hydrogen) atoms. The number of hydrogen-bond donors (Lipinski definition) is 1. The van der Waals surface area contributed by atoms with Crippen LogP contribution in [0, 0.1) is 0 Å². The van der Waals surface area contributed by atoms with Gasteiger partial charge in [-0.25, -0.2) is 4.68 Å². The number of aromatic nitrogens is 3. The normalized spacial score (nSPS) is 15.8. The number of hydrogen-bond acceptors (Lipinski definition) is 3. The first-order valence-electron chi connectivity index (χ1n) is 4.97. The summed E-state index contributed by atoms with van der Waals surface area (Å²) < 4.78 is 1.95. The van der Waals surface area contributed by atoms with Crippen LogP contribution >= 0.6 is 12.2 Å². The minimum atomic E-state index is 0.370. The molecule has 0 bridgehead atoms. The Hall–Kier alpha value is -0.970. The molecule has 0 atom stereocenters. The van der Waals surface area contributed by atoms with Crippen molar-refractivity contribution in [2.75, 3.05) is 0 Å². The summed E-state index contributed by atoms with van der Waals surface area (Å²) in [6.45, 7) is 3.03. The van der Waals surface area contributed by atoms with Crippen LogP contribution in [-0.2, 0) is 6.54 Å². The Morgan fingerprint density at radius 3 is 2.86 bits per heavy atom. The number of thiocarbonyl (C=S) groups is 1. The lowest BCUT2D eigenvalue weighted by Gasteiger charge is -2.04. The van der Waals surface area contributed by atoms with E-state index in [1.807, 2.05) is 4.68 Å². The first kappa shape index (κ1) is 9.58. The number of nitrogens with two attached hydrogens (primary N) is 1. The molecule has 2 N–H and O–H groups in total. The molecule has 1 aromatic rings. The maximum Gasteiger partial charge on any atom is 0.143 e. The fourth-order valence-corrected chi connectivity index (χ4v) is 1.78. The first-order chi connectivity index (χ1) is 6.74. The largest absolute Gasteiger partial charge is 0.388 e. The minimum absolute atomic E-state index is 0.370. The lowest BCUT2D eigenvalue weighted by molar-refractivity contribution is 0.556. The van der Waals surface area contributed by atoms with E-state index >= 15 is 0 Å². The Kier molecular flexibility index (Phi) is 2.50. The van der Waals surface area contributed by atoms with Gasteiger partial charge in [-0.2, -0.15) is 0 Å². The lowest BCUT2D eigenvalue weighted by atomic mass is 10.2. The third-order valence-electron chi connectivity index (χ3n) is 2.41. The topological polar surface area (TPSA) is 56.7 Å². The van der Waals surface area contributed by atoms with E-state index in [1.165, 1.54) is 12.8 Å². The summed E-state index contributed by atoms with van der Waals surface area (Å²) in [5, 5.41) is 8.13.